The highest BCUT2D eigenvalue weighted by Crippen LogP contribution is 2.12. The van der Waals surface area contributed by atoms with Gasteiger partial charge in [0.2, 0.25) is 11.8 Å². The topological polar surface area (TPSA) is 56.2 Å². The van der Waals surface area contributed by atoms with Crippen LogP contribution in [0.3, 0.4) is 0 Å². The zero-order valence-electron chi connectivity index (χ0n) is 14.4. The summed E-state index contributed by atoms with van der Waals surface area (Å²) in [6, 6.07) is 6.60. The van der Waals surface area contributed by atoms with Crippen molar-refractivity contribution in [2.45, 2.75) is 19.3 Å². The van der Waals surface area contributed by atoms with E-state index in [0.717, 1.165) is 31.6 Å². The second kappa shape index (κ2) is 7.74. The molecule has 1 fully saturated rings. The van der Waals surface area contributed by atoms with E-state index in [1.54, 1.807) is 7.05 Å². The van der Waals surface area contributed by atoms with E-state index in [-0.39, 0.29) is 30.5 Å². The van der Waals surface area contributed by atoms with Crippen molar-refractivity contribution in [2.75, 3.05) is 39.8 Å². The van der Waals surface area contributed by atoms with Crippen LogP contribution in [0, 0.1) is 5.82 Å². The van der Waals surface area contributed by atoms with Gasteiger partial charge in [0.15, 0.2) is 0 Å². The summed E-state index contributed by atoms with van der Waals surface area (Å²) < 4.78 is 12.9. The molecule has 134 valence electrons. The van der Waals surface area contributed by atoms with Gasteiger partial charge in [-0.05, 0) is 24.1 Å². The van der Waals surface area contributed by atoms with Crippen molar-refractivity contribution in [3.63, 3.8) is 0 Å². The first-order chi connectivity index (χ1) is 12.0. The minimum Gasteiger partial charge on any atom is -0.340 e. The summed E-state index contributed by atoms with van der Waals surface area (Å²) in [4.78, 5) is 28.0. The highest BCUT2D eigenvalue weighted by Gasteiger charge is 2.26. The number of rotatable bonds is 5. The lowest BCUT2D eigenvalue weighted by Crippen LogP contribution is -2.49. The Morgan fingerprint density at radius 3 is 2.44 bits per heavy atom. The molecule has 6 nitrogen and oxygen atoms in total. The molecular weight excluding hydrogens is 323 g/mol. The summed E-state index contributed by atoms with van der Waals surface area (Å²) in [6.45, 7) is 3.95. The lowest BCUT2D eigenvalue weighted by Gasteiger charge is -2.34. The van der Waals surface area contributed by atoms with Gasteiger partial charge in [-0.25, -0.2) is 9.40 Å². The Hall–Kier alpha value is -2.28. The van der Waals surface area contributed by atoms with Crippen molar-refractivity contribution in [3.05, 3.63) is 35.6 Å². The molecule has 2 heterocycles. The molecular formula is C18H23FN4O2. The van der Waals surface area contributed by atoms with Gasteiger partial charge in [-0.3, -0.25) is 14.5 Å². The average Bonchev–Trinajstić information content (AvgIpc) is 2.92. The molecule has 2 amide bonds. The maximum absolute atomic E-state index is 12.9. The van der Waals surface area contributed by atoms with E-state index in [1.807, 2.05) is 17.0 Å². The molecule has 0 aromatic heterocycles. The Morgan fingerprint density at radius 2 is 1.84 bits per heavy atom. The SMILES string of the molecule is CN1N=C(CC(=O)N2CCN(CCc3ccc(F)cc3)CC2)CC1=O. The van der Waals surface area contributed by atoms with E-state index in [2.05, 4.69) is 10.0 Å². The Kier molecular flexibility index (Phi) is 5.43. The van der Waals surface area contributed by atoms with E-state index in [4.69, 9.17) is 0 Å². The summed E-state index contributed by atoms with van der Waals surface area (Å²) in [5, 5.41) is 5.41. The molecule has 3 rings (SSSR count). The Morgan fingerprint density at radius 1 is 1.16 bits per heavy atom. The largest absolute Gasteiger partial charge is 0.340 e. The monoisotopic (exact) mass is 346 g/mol. The van der Waals surface area contributed by atoms with E-state index >= 15 is 0 Å². The minimum atomic E-state index is -0.212. The smallest absolute Gasteiger partial charge is 0.248 e. The van der Waals surface area contributed by atoms with Crippen molar-refractivity contribution < 1.29 is 14.0 Å². The fourth-order valence-corrected chi connectivity index (χ4v) is 3.14. The molecule has 2 aliphatic heterocycles. The molecule has 0 unspecified atom stereocenters. The molecule has 1 aromatic rings. The maximum Gasteiger partial charge on any atom is 0.248 e. The van der Waals surface area contributed by atoms with E-state index in [9.17, 15) is 14.0 Å². The fraction of sp³-hybridized carbons (Fsp3) is 0.500. The zero-order chi connectivity index (χ0) is 17.8. The van der Waals surface area contributed by atoms with Crippen LogP contribution in [0.2, 0.25) is 0 Å². The van der Waals surface area contributed by atoms with Crippen LogP contribution in [0.1, 0.15) is 18.4 Å². The number of nitrogens with zero attached hydrogens (tertiary/aromatic N) is 4. The third-order valence-electron chi connectivity index (χ3n) is 4.72. The number of benzene rings is 1. The van der Waals surface area contributed by atoms with Gasteiger partial charge in [0.05, 0.1) is 18.6 Å². The third kappa shape index (κ3) is 4.63. The second-order valence-electron chi connectivity index (χ2n) is 6.54. The predicted octanol–water partition coefficient (Wildman–Crippen LogP) is 1.12. The van der Waals surface area contributed by atoms with E-state index < -0.39 is 0 Å². The van der Waals surface area contributed by atoms with Crippen LogP contribution >= 0.6 is 0 Å². The normalized spacial score (nSPS) is 18.6. The lowest BCUT2D eigenvalue weighted by molar-refractivity contribution is -0.131. The van der Waals surface area contributed by atoms with Crippen LogP contribution in [0.25, 0.3) is 0 Å². The number of hydrazone groups is 1. The standard InChI is InChI=1S/C18H23FN4O2/c1-21-17(24)12-16(20-21)13-18(25)23-10-8-22(9-11-23)7-6-14-2-4-15(19)5-3-14/h2-5H,6-13H2,1H3. The first-order valence-electron chi connectivity index (χ1n) is 8.59. The maximum atomic E-state index is 12.9. The lowest BCUT2D eigenvalue weighted by atomic mass is 10.1. The second-order valence-corrected chi connectivity index (χ2v) is 6.54. The van der Waals surface area contributed by atoms with Gasteiger partial charge in [0, 0.05) is 39.8 Å². The first kappa shape index (κ1) is 17.5. The van der Waals surface area contributed by atoms with Crippen LogP contribution in [0.5, 0.6) is 0 Å². The number of hydrogen-bond acceptors (Lipinski definition) is 4. The van der Waals surface area contributed by atoms with Gasteiger partial charge >= 0.3 is 0 Å². The fourth-order valence-electron chi connectivity index (χ4n) is 3.14. The molecule has 0 bridgehead atoms. The quantitative estimate of drug-likeness (QED) is 0.803. The molecule has 1 aromatic carbocycles. The molecule has 0 spiro atoms. The molecule has 0 atom stereocenters. The number of piperazine rings is 1. The van der Waals surface area contributed by atoms with Crippen molar-refractivity contribution in [2.24, 2.45) is 5.10 Å². The van der Waals surface area contributed by atoms with Crippen molar-refractivity contribution >= 4 is 17.5 Å². The predicted molar refractivity (Wildman–Crippen MR) is 92.6 cm³/mol. The Labute approximate surface area is 146 Å². The third-order valence-corrected chi connectivity index (χ3v) is 4.72. The van der Waals surface area contributed by atoms with Crippen molar-refractivity contribution in [1.82, 2.24) is 14.8 Å². The Balaban J connectivity index is 1.41. The summed E-state index contributed by atoms with van der Waals surface area (Å²) >= 11 is 0. The minimum absolute atomic E-state index is 0.0417. The van der Waals surface area contributed by atoms with E-state index in [1.165, 1.54) is 17.1 Å². The van der Waals surface area contributed by atoms with Gasteiger partial charge in [-0.2, -0.15) is 5.10 Å². The van der Waals surface area contributed by atoms with Crippen molar-refractivity contribution in [3.8, 4) is 0 Å². The molecule has 0 N–H and O–H groups in total. The summed E-state index contributed by atoms with van der Waals surface area (Å²) in [5.74, 6) is -0.232. The molecule has 0 saturated carbocycles. The van der Waals surface area contributed by atoms with Crippen molar-refractivity contribution in [1.29, 1.82) is 0 Å². The first-order valence-corrected chi connectivity index (χ1v) is 8.59. The van der Waals surface area contributed by atoms with Crippen LogP contribution in [-0.4, -0.2) is 72.1 Å². The molecule has 2 aliphatic rings. The number of carbonyl (C=O) groups is 2. The van der Waals surface area contributed by atoms with Crippen LogP contribution in [0.15, 0.2) is 29.4 Å². The van der Waals surface area contributed by atoms with Crippen LogP contribution in [0.4, 0.5) is 4.39 Å². The van der Waals surface area contributed by atoms with Gasteiger partial charge in [0.25, 0.3) is 0 Å². The average molecular weight is 346 g/mol. The highest BCUT2D eigenvalue weighted by molar-refractivity contribution is 6.11. The summed E-state index contributed by atoms with van der Waals surface area (Å²) in [7, 11) is 1.61. The number of amides is 2. The summed E-state index contributed by atoms with van der Waals surface area (Å²) in [5.41, 5.74) is 1.77. The molecule has 0 radical (unpaired) electrons. The van der Waals surface area contributed by atoms with Gasteiger partial charge in [-0.15, -0.1) is 0 Å². The van der Waals surface area contributed by atoms with Crippen LogP contribution in [-0.2, 0) is 16.0 Å². The van der Waals surface area contributed by atoms with Gasteiger partial charge in [0.1, 0.15) is 5.82 Å². The highest BCUT2D eigenvalue weighted by atomic mass is 19.1. The number of carbonyl (C=O) groups excluding carboxylic acids is 2. The van der Waals surface area contributed by atoms with Gasteiger partial charge < -0.3 is 4.90 Å². The summed E-state index contributed by atoms with van der Waals surface area (Å²) in [6.07, 6.45) is 1.35. The van der Waals surface area contributed by atoms with Crippen LogP contribution < -0.4 is 0 Å². The molecule has 7 heteroatoms. The Bertz CT molecular complexity index is 666. The molecule has 0 aliphatic carbocycles. The number of halogens is 1. The van der Waals surface area contributed by atoms with Gasteiger partial charge in [-0.1, -0.05) is 12.1 Å². The molecule has 25 heavy (non-hydrogen) atoms. The van der Waals surface area contributed by atoms with E-state index in [0.29, 0.717) is 18.8 Å². The zero-order valence-corrected chi connectivity index (χ0v) is 14.4. The number of hydrogen-bond donors (Lipinski definition) is 0. The molecule has 1 saturated heterocycles.